The van der Waals surface area contributed by atoms with Crippen LogP contribution in [0.5, 0.6) is 0 Å². The normalized spacial score (nSPS) is 26.8. The number of nitrogens with one attached hydrogen (secondary N) is 1. The standard InChI is InChI=1S/C16H22F3NO/c1-2-10-20-14-6-8-15(21,9-7-14)12-4-3-5-13(11-12)16(17,18)19/h3-5,11,14,20-21H,2,6-10H2,1H3. The molecule has 1 saturated carbocycles. The van der Waals surface area contributed by atoms with Gasteiger partial charge in [0.25, 0.3) is 0 Å². The summed E-state index contributed by atoms with van der Waals surface area (Å²) in [5.41, 5.74) is -1.45. The Kier molecular flexibility index (Phi) is 4.94. The maximum atomic E-state index is 12.8. The number of alkyl halides is 3. The molecule has 1 aliphatic rings. The molecule has 0 aliphatic heterocycles. The van der Waals surface area contributed by atoms with E-state index in [0.717, 1.165) is 37.9 Å². The first kappa shape index (κ1) is 16.3. The summed E-state index contributed by atoms with van der Waals surface area (Å²) in [7, 11) is 0. The highest BCUT2D eigenvalue weighted by Crippen LogP contribution is 2.39. The second-order valence-corrected chi connectivity index (χ2v) is 5.84. The van der Waals surface area contributed by atoms with Crippen LogP contribution >= 0.6 is 0 Å². The monoisotopic (exact) mass is 301 g/mol. The second-order valence-electron chi connectivity index (χ2n) is 5.84. The SMILES string of the molecule is CCCNC1CCC(O)(c2cccc(C(F)(F)F)c2)CC1. The third kappa shape index (κ3) is 3.98. The maximum Gasteiger partial charge on any atom is 0.416 e. The Balaban J connectivity index is 2.08. The quantitative estimate of drug-likeness (QED) is 0.885. The van der Waals surface area contributed by atoms with Crippen molar-refractivity contribution in [2.24, 2.45) is 0 Å². The molecule has 1 aromatic carbocycles. The second kappa shape index (κ2) is 6.36. The van der Waals surface area contributed by atoms with E-state index in [4.69, 9.17) is 0 Å². The minimum absolute atomic E-state index is 0.357. The largest absolute Gasteiger partial charge is 0.416 e. The van der Waals surface area contributed by atoms with E-state index in [9.17, 15) is 18.3 Å². The minimum atomic E-state index is -4.37. The van der Waals surface area contributed by atoms with Crippen LogP contribution in [0, 0.1) is 0 Å². The number of hydrogen-bond donors (Lipinski definition) is 2. The molecule has 2 N–H and O–H groups in total. The molecule has 0 radical (unpaired) electrons. The fraction of sp³-hybridized carbons (Fsp3) is 0.625. The molecular weight excluding hydrogens is 279 g/mol. The van der Waals surface area contributed by atoms with Gasteiger partial charge in [0, 0.05) is 6.04 Å². The highest BCUT2D eigenvalue weighted by atomic mass is 19.4. The van der Waals surface area contributed by atoms with Crippen molar-refractivity contribution in [1.29, 1.82) is 0 Å². The van der Waals surface area contributed by atoms with Crippen molar-refractivity contribution in [2.75, 3.05) is 6.54 Å². The van der Waals surface area contributed by atoms with Crippen LogP contribution in [0.25, 0.3) is 0 Å². The number of aliphatic hydroxyl groups is 1. The Bertz CT molecular complexity index is 465. The van der Waals surface area contributed by atoms with E-state index in [1.165, 1.54) is 6.07 Å². The lowest BCUT2D eigenvalue weighted by atomic mass is 9.77. The molecule has 0 amide bonds. The molecule has 2 rings (SSSR count). The lowest BCUT2D eigenvalue weighted by molar-refractivity contribution is -0.137. The Morgan fingerprint density at radius 3 is 2.52 bits per heavy atom. The van der Waals surface area contributed by atoms with Crippen molar-refractivity contribution < 1.29 is 18.3 Å². The zero-order chi connectivity index (χ0) is 15.5. The summed E-state index contributed by atoms with van der Waals surface area (Å²) < 4.78 is 38.3. The fourth-order valence-electron chi connectivity index (χ4n) is 2.92. The van der Waals surface area contributed by atoms with E-state index in [0.29, 0.717) is 24.4 Å². The van der Waals surface area contributed by atoms with Crippen LogP contribution in [0.15, 0.2) is 24.3 Å². The zero-order valence-electron chi connectivity index (χ0n) is 12.2. The molecule has 118 valence electrons. The van der Waals surface area contributed by atoms with Gasteiger partial charge in [-0.05, 0) is 56.3 Å². The Hall–Kier alpha value is -1.07. The average Bonchev–Trinajstić information content (AvgIpc) is 2.46. The van der Waals surface area contributed by atoms with Crippen LogP contribution in [-0.2, 0) is 11.8 Å². The first-order chi connectivity index (χ1) is 9.85. The van der Waals surface area contributed by atoms with Gasteiger partial charge in [-0.25, -0.2) is 0 Å². The van der Waals surface area contributed by atoms with Crippen LogP contribution in [0.2, 0.25) is 0 Å². The fourth-order valence-corrected chi connectivity index (χ4v) is 2.92. The number of hydrogen-bond acceptors (Lipinski definition) is 2. The highest BCUT2D eigenvalue weighted by Gasteiger charge is 2.37. The van der Waals surface area contributed by atoms with Crippen molar-refractivity contribution in [1.82, 2.24) is 5.32 Å². The predicted octanol–water partition coefficient (Wildman–Crippen LogP) is 3.84. The van der Waals surface area contributed by atoms with E-state index in [-0.39, 0.29) is 0 Å². The van der Waals surface area contributed by atoms with E-state index in [1.54, 1.807) is 6.07 Å². The van der Waals surface area contributed by atoms with Gasteiger partial charge >= 0.3 is 6.18 Å². The summed E-state index contributed by atoms with van der Waals surface area (Å²) >= 11 is 0. The topological polar surface area (TPSA) is 32.3 Å². The van der Waals surface area contributed by atoms with Crippen LogP contribution in [-0.4, -0.2) is 17.7 Å². The molecule has 0 saturated heterocycles. The van der Waals surface area contributed by atoms with Gasteiger partial charge in [-0.1, -0.05) is 19.1 Å². The third-order valence-electron chi connectivity index (χ3n) is 4.22. The summed E-state index contributed by atoms with van der Waals surface area (Å²) in [6.07, 6.45) is -0.758. The van der Waals surface area contributed by atoms with Gasteiger partial charge < -0.3 is 10.4 Å². The van der Waals surface area contributed by atoms with Crippen LogP contribution in [0.3, 0.4) is 0 Å². The molecular formula is C16H22F3NO. The lowest BCUT2D eigenvalue weighted by Gasteiger charge is -2.37. The van der Waals surface area contributed by atoms with Gasteiger partial charge in [-0.2, -0.15) is 13.2 Å². The minimum Gasteiger partial charge on any atom is -0.385 e. The molecule has 0 bridgehead atoms. The van der Waals surface area contributed by atoms with Crippen LogP contribution < -0.4 is 5.32 Å². The van der Waals surface area contributed by atoms with Gasteiger partial charge in [0.1, 0.15) is 0 Å². The van der Waals surface area contributed by atoms with Crippen molar-refractivity contribution in [3.63, 3.8) is 0 Å². The molecule has 21 heavy (non-hydrogen) atoms. The molecule has 1 aromatic rings. The van der Waals surface area contributed by atoms with E-state index in [2.05, 4.69) is 12.2 Å². The molecule has 1 aliphatic carbocycles. The van der Waals surface area contributed by atoms with Crippen LogP contribution in [0.1, 0.15) is 50.2 Å². The van der Waals surface area contributed by atoms with Crippen molar-refractivity contribution in [2.45, 2.75) is 56.8 Å². The molecule has 5 heteroatoms. The van der Waals surface area contributed by atoms with Crippen molar-refractivity contribution in [3.8, 4) is 0 Å². The molecule has 0 spiro atoms. The molecule has 0 heterocycles. The number of benzene rings is 1. The summed E-state index contributed by atoms with van der Waals surface area (Å²) in [5.74, 6) is 0. The zero-order valence-corrected chi connectivity index (χ0v) is 12.2. The van der Waals surface area contributed by atoms with E-state index < -0.39 is 17.3 Å². The average molecular weight is 301 g/mol. The summed E-state index contributed by atoms with van der Waals surface area (Å²) in [6.45, 7) is 3.03. The Morgan fingerprint density at radius 1 is 1.29 bits per heavy atom. The summed E-state index contributed by atoms with van der Waals surface area (Å²) in [5, 5.41) is 14.1. The first-order valence-electron chi connectivity index (χ1n) is 7.48. The van der Waals surface area contributed by atoms with Crippen LogP contribution in [0.4, 0.5) is 13.2 Å². The molecule has 0 unspecified atom stereocenters. The van der Waals surface area contributed by atoms with Gasteiger partial charge in [0.05, 0.1) is 11.2 Å². The summed E-state index contributed by atoms with van der Waals surface area (Å²) in [6, 6.07) is 5.45. The smallest absolute Gasteiger partial charge is 0.385 e. The van der Waals surface area contributed by atoms with Gasteiger partial charge in [-0.15, -0.1) is 0 Å². The van der Waals surface area contributed by atoms with Gasteiger partial charge in [0.2, 0.25) is 0 Å². The molecule has 0 aromatic heterocycles. The Labute approximate surface area is 123 Å². The predicted molar refractivity (Wildman–Crippen MR) is 75.9 cm³/mol. The number of rotatable bonds is 4. The third-order valence-corrected chi connectivity index (χ3v) is 4.22. The Morgan fingerprint density at radius 2 is 1.95 bits per heavy atom. The van der Waals surface area contributed by atoms with Gasteiger partial charge in [0.15, 0.2) is 0 Å². The molecule has 2 nitrogen and oxygen atoms in total. The van der Waals surface area contributed by atoms with Crippen molar-refractivity contribution in [3.05, 3.63) is 35.4 Å². The summed E-state index contributed by atoms with van der Waals surface area (Å²) in [4.78, 5) is 0. The highest BCUT2D eigenvalue weighted by molar-refractivity contribution is 5.30. The van der Waals surface area contributed by atoms with Gasteiger partial charge in [-0.3, -0.25) is 0 Å². The molecule has 0 atom stereocenters. The first-order valence-corrected chi connectivity index (χ1v) is 7.48. The van der Waals surface area contributed by atoms with E-state index in [1.807, 2.05) is 0 Å². The maximum absolute atomic E-state index is 12.8. The lowest BCUT2D eigenvalue weighted by Crippen LogP contribution is -2.40. The molecule has 1 fully saturated rings. The van der Waals surface area contributed by atoms with Crippen molar-refractivity contribution >= 4 is 0 Å². The number of halogens is 3. The van der Waals surface area contributed by atoms with E-state index >= 15 is 0 Å².